The van der Waals surface area contributed by atoms with Crippen molar-refractivity contribution in [3.8, 4) is 0 Å². The summed E-state index contributed by atoms with van der Waals surface area (Å²) in [7, 11) is 0. The predicted octanol–water partition coefficient (Wildman–Crippen LogP) is 0.696. The lowest BCUT2D eigenvalue weighted by Gasteiger charge is -2.17. The Morgan fingerprint density at radius 2 is 2.43 bits per heavy atom. The first kappa shape index (κ1) is 11.0. The van der Waals surface area contributed by atoms with Gasteiger partial charge in [-0.15, -0.1) is 0 Å². The Morgan fingerprint density at radius 1 is 1.71 bits per heavy atom. The average Bonchev–Trinajstić information content (AvgIpc) is 2.52. The highest BCUT2D eigenvalue weighted by molar-refractivity contribution is 5.72. The molecule has 4 heteroatoms. The largest absolute Gasteiger partial charge is 0.355 e. The summed E-state index contributed by atoms with van der Waals surface area (Å²) >= 11 is 0. The monoisotopic (exact) mass is 197 g/mol. The lowest BCUT2D eigenvalue weighted by atomic mass is 9.98. The van der Waals surface area contributed by atoms with Crippen LogP contribution in [0, 0.1) is 11.8 Å². The Kier molecular flexibility index (Phi) is 3.92. The van der Waals surface area contributed by atoms with Gasteiger partial charge in [0.05, 0.1) is 6.54 Å². The van der Waals surface area contributed by atoms with Gasteiger partial charge in [0.15, 0.2) is 0 Å². The second kappa shape index (κ2) is 4.98. The van der Waals surface area contributed by atoms with E-state index in [0.717, 1.165) is 13.1 Å². The average molecular weight is 197 g/mol. The molecule has 1 unspecified atom stereocenters. The third kappa shape index (κ3) is 3.36. The van der Waals surface area contributed by atoms with Crippen molar-refractivity contribution in [1.29, 1.82) is 0 Å². The quantitative estimate of drug-likeness (QED) is 0.721. The van der Waals surface area contributed by atoms with E-state index in [4.69, 9.17) is 0 Å². The molecular weight excluding hydrogens is 178 g/mol. The SMILES string of the molecule is CC(=O)NCCN1CC(C(C)C)C=N1. The molecule has 0 spiro atoms. The fourth-order valence-electron chi connectivity index (χ4n) is 1.41. The predicted molar refractivity (Wildman–Crippen MR) is 57.1 cm³/mol. The number of hydrogen-bond donors (Lipinski definition) is 1. The zero-order valence-electron chi connectivity index (χ0n) is 9.16. The highest BCUT2D eigenvalue weighted by atomic mass is 16.1. The molecule has 0 bridgehead atoms. The molecule has 1 aliphatic heterocycles. The van der Waals surface area contributed by atoms with Gasteiger partial charge in [-0.05, 0) is 5.92 Å². The normalized spacial score (nSPS) is 20.6. The van der Waals surface area contributed by atoms with Crippen LogP contribution in [-0.4, -0.2) is 36.8 Å². The van der Waals surface area contributed by atoms with E-state index >= 15 is 0 Å². The van der Waals surface area contributed by atoms with Crippen molar-refractivity contribution in [2.75, 3.05) is 19.6 Å². The summed E-state index contributed by atoms with van der Waals surface area (Å²) in [6, 6.07) is 0. The van der Waals surface area contributed by atoms with Gasteiger partial charge >= 0.3 is 0 Å². The highest BCUT2D eigenvalue weighted by Crippen LogP contribution is 2.15. The van der Waals surface area contributed by atoms with Crippen LogP contribution < -0.4 is 5.32 Å². The highest BCUT2D eigenvalue weighted by Gasteiger charge is 2.19. The van der Waals surface area contributed by atoms with Crippen LogP contribution in [0.3, 0.4) is 0 Å². The maximum absolute atomic E-state index is 10.6. The van der Waals surface area contributed by atoms with Gasteiger partial charge in [-0.2, -0.15) is 5.10 Å². The minimum atomic E-state index is 0.0218. The van der Waals surface area contributed by atoms with Crippen LogP contribution in [0.2, 0.25) is 0 Å². The minimum Gasteiger partial charge on any atom is -0.355 e. The summed E-state index contributed by atoms with van der Waals surface area (Å²) in [6.45, 7) is 8.40. The van der Waals surface area contributed by atoms with E-state index in [2.05, 4.69) is 24.3 Å². The van der Waals surface area contributed by atoms with Gasteiger partial charge in [0.1, 0.15) is 0 Å². The Hall–Kier alpha value is -1.06. The van der Waals surface area contributed by atoms with Crippen molar-refractivity contribution in [3.63, 3.8) is 0 Å². The van der Waals surface area contributed by atoms with Crippen LogP contribution in [0.15, 0.2) is 5.10 Å². The van der Waals surface area contributed by atoms with Crippen LogP contribution in [0.5, 0.6) is 0 Å². The zero-order chi connectivity index (χ0) is 10.6. The molecule has 1 atom stereocenters. The van der Waals surface area contributed by atoms with E-state index in [0.29, 0.717) is 18.4 Å². The molecule has 14 heavy (non-hydrogen) atoms. The second-order valence-electron chi connectivity index (χ2n) is 4.07. The summed E-state index contributed by atoms with van der Waals surface area (Å²) < 4.78 is 0. The summed E-state index contributed by atoms with van der Waals surface area (Å²) in [4.78, 5) is 10.6. The van der Waals surface area contributed by atoms with E-state index in [1.807, 2.05) is 11.2 Å². The Balaban J connectivity index is 2.17. The molecule has 1 amide bonds. The number of amides is 1. The number of hydrazone groups is 1. The van der Waals surface area contributed by atoms with Gasteiger partial charge in [-0.25, -0.2) is 0 Å². The van der Waals surface area contributed by atoms with Crippen molar-refractivity contribution in [2.24, 2.45) is 16.9 Å². The molecule has 0 saturated heterocycles. The smallest absolute Gasteiger partial charge is 0.216 e. The fraction of sp³-hybridized carbons (Fsp3) is 0.800. The molecule has 0 aromatic carbocycles. The standard InChI is InChI=1S/C10H19N3O/c1-8(2)10-6-12-13(7-10)5-4-11-9(3)14/h6,8,10H,4-5,7H2,1-3H3,(H,11,14). The summed E-state index contributed by atoms with van der Waals surface area (Å²) in [5, 5.41) is 9.07. The van der Waals surface area contributed by atoms with Crippen LogP contribution in [0.25, 0.3) is 0 Å². The molecule has 1 N–H and O–H groups in total. The van der Waals surface area contributed by atoms with E-state index in [-0.39, 0.29) is 5.91 Å². The summed E-state index contributed by atoms with van der Waals surface area (Å²) in [5.41, 5.74) is 0. The number of nitrogens with one attached hydrogen (secondary N) is 1. The van der Waals surface area contributed by atoms with Gasteiger partial charge in [0, 0.05) is 32.1 Å². The van der Waals surface area contributed by atoms with Crippen LogP contribution in [0.4, 0.5) is 0 Å². The van der Waals surface area contributed by atoms with Gasteiger partial charge < -0.3 is 5.32 Å². The van der Waals surface area contributed by atoms with Crippen molar-refractivity contribution in [1.82, 2.24) is 10.3 Å². The Labute approximate surface area is 85.4 Å². The first-order valence-electron chi connectivity index (χ1n) is 5.13. The number of rotatable bonds is 4. The third-order valence-corrected chi connectivity index (χ3v) is 2.44. The molecule has 80 valence electrons. The van der Waals surface area contributed by atoms with E-state index in [9.17, 15) is 4.79 Å². The number of carbonyl (C=O) groups excluding carboxylic acids is 1. The molecular formula is C10H19N3O. The molecule has 0 aromatic heterocycles. The van der Waals surface area contributed by atoms with E-state index in [1.54, 1.807) is 0 Å². The Morgan fingerprint density at radius 3 is 2.93 bits per heavy atom. The molecule has 0 saturated carbocycles. The molecule has 1 heterocycles. The molecule has 4 nitrogen and oxygen atoms in total. The van der Waals surface area contributed by atoms with Gasteiger partial charge in [0.25, 0.3) is 0 Å². The summed E-state index contributed by atoms with van der Waals surface area (Å²) in [6.07, 6.45) is 2.01. The maximum Gasteiger partial charge on any atom is 0.216 e. The van der Waals surface area contributed by atoms with Gasteiger partial charge in [-0.1, -0.05) is 13.8 Å². The Bertz CT molecular complexity index is 225. The first-order valence-corrected chi connectivity index (χ1v) is 5.13. The zero-order valence-corrected chi connectivity index (χ0v) is 9.16. The molecule has 0 aliphatic carbocycles. The second-order valence-corrected chi connectivity index (χ2v) is 4.07. The van der Waals surface area contributed by atoms with Gasteiger partial charge in [0.2, 0.25) is 5.91 Å². The molecule has 0 aromatic rings. The van der Waals surface area contributed by atoms with Crippen molar-refractivity contribution in [3.05, 3.63) is 0 Å². The lowest BCUT2D eigenvalue weighted by molar-refractivity contribution is -0.119. The topological polar surface area (TPSA) is 44.7 Å². The number of carbonyl (C=O) groups is 1. The number of nitrogens with zero attached hydrogens (tertiary/aromatic N) is 2. The minimum absolute atomic E-state index is 0.0218. The molecule has 1 rings (SSSR count). The number of hydrogen-bond acceptors (Lipinski definition) is 3. The summed E-state index contributed by atoms with van der Waals surface area (Å²) in [5.74, 6) is 1.23. The molecule has 1 aliphatic rings. The lowest BCUT2D eigenvalue weighted by Crippen LogP contribution is -2.31. The molecule has 0 fully saturated rings. The van der Waals surface area contributed by atoms with Crippen molar-refractivity contribution >= 4 is 12.1 Å². The van der Waals surface area contributed by atoms with Crippen molar-refractivity contribution < 1.29 is 4.79 Å². The fourth-order valence-corrected chi connectivity index (χ4v) is 1.41. The van der Waals surface area contributed by atoms with Crippen LogP contribution >= 0.6 is 0 Å². The maximum atomic E-state index is 10.6. The van der Waals surface area contributed by atoms with E-state index < -0.39 is 0 Å². The van der Waals surface area contributed by atoms with Crippen molar-refractivity contribution in [2.45, 2.75) is 20.8 Å². The first-order chi connectivity index (χ1) is 6.59. The van der Waals surface area contributed by atoms with Crippen LogP contribution in [-0.2, 0) is 4.79 Å². The van der Waals surface area contributed by atoms with E-state index in [1.165, 1.54) is 6.92 Å². The third-order valence-electron chi connectivity index (χ3n) is 2.44. The molecule has 0 radical (unpaired) electrons. The van der Waals surface area contributed by atoms with Gasteiger partial charge in [-0.3, -0.25) is 9.80 Å². The van der Waals surface area contributed by atoms with Crippen LogP contribution in [0.1, 0.15) is 20.8 Å².